The average molecular weight is 261 g/mol. The number of carbonyl (C=O) groups excluding carboxylic acids is 1. The van der Waals surface area contributed by atoms with Gasteiger partial charge in [-0.3, -0.25) is 4.79 Å². The van der Waals surface area contributed by atoms with Crippen LogP contribution in [-0.4, -0.2) is 23.6 Å². The summed E-state index contributed by atoms with van der Waals surface area (Å²) in [6.45, 7) is 0.441. The summed E-state index contributed by atoms with van der Waals surface area (Å²) >= 11 is 11.6. The molecule has 1 unspecified atom stereocenters. The summed E-state index contributed by atoms with van der Waals surface area (Å²) in [4.78, 5) is 13.1. The van der Waals surface area contributed by atoms with E-state index in [2.05, 4.69) is 0 Å². The Labute approximate surface area is 103 Å². The summed E-state index contributed by atoms with van der Waals surface area (Å²) in [5.74, 6) is -0.242. The molecule has 0 aliphatic carbocycles. The van der Waals surface area contributed by atoms with Gasteiger partial charge in [0.2, 0.25) is 5.91 Å². The van der Waals surface area contributed by atoms with Crippen molar-refractivity contribution < 1.29 is 9.90 Å². The minimum Gasteiger partial charge on any atom is -0.505 e. The lowest BCUT2D eigenvalue weighted by molar-refractivity contribution is -0.117. The molecule has 0 saturated carbocycles. The molecule has 1 aromatic rings. The van der Waals surface area contributed by atoms with E-state index in [1.165, 1.54) is 17.0 Å². The lowest BCUT2D eigenvalue weighted by Gasteiger charge is -2.17. The van der Waals surface area contributed by atoms with Crippen molar-refractivity contribution in [2.75, 3.05) is 11.4 Å². The Morgan fingerprint density at radius 3 is 2.38 bits per heavy atom. The lowest BCUT2D eigenvalue weighted by Crippen LogP contribution is -2.27. The van der Waals surface area contributed by atoms with Crippen LogP contribution in [0.15, 0.2) is 12.1 Å². The molecular weight excluding hydrogens is 251 g/mol. The number of phenolic OH excluding ortho intramolecular Hbond substituents is 1. The standard InChI is InChI=1S/C10H10Cl2N2O2/c11-7-2-6(3-8(12)10(7)16)14-4-5(13)1-9(14)15/h2-3,5,16H,1,4,13H2. The van der Waals surface area contributed by atoms with Gasteiger partial charge < -0.3 is 15.7 Å². The summed E-state index contributed by atoms with van der Waals surface area (Å²) in [6, 6.07) is 2.83. The number of anilines is 1. The van der Waals surface area contributed by atoms with Crippen molar-refractivity contribution in [1.29, 1.82) is 0 Å². The van der Waals surface area contributed by atoms with Crippen LogP contribution in [0.3, 0.4) is 0 Å². The number of aromatic hydroxyl groups is 1. The van der Waals surface area contributed by atoms with Crippen molar-refractivity contribution in [3.05, 3.63) is 22.2 Å². The zero-order valence-electron chi connectivity index (χ0n) is 8.28. The zero-order valence-corrected chi connectivity index (χ0v) is 9.79. The molecule has 1 fully saturated rings. The second-order valence-corrected chi connectivity index (χ2v) is 4.54. The second-order valence-electron chi connectivity index (χ2n) is 3.73. The molecule has 86 valence electrons. The summed E-state index contributed by atoms with van der Waals surface area (Å²) in [6.07, 6.45) is 0.316. The van der Waals surface area contributed by atoms with Crippen molar-refractivity contribution in [3.63, 3.8) is 0 Å². The van der Waals surface area contributed by atoms with Gasteiger partial charge in [0.25, 0.3) is 0 Å². The molecule has 1 atom stereocenters. The Morgan fingerprint density at radius 1 is 1.38 bits per heavy atom. The van der Waals surface area contributed by atoms with Crippen LogP contribution in [0, 0.1) is 0 Å². The van der Waals surface area contributed by atoms with Gasteiger partial charge in [0, 0.05) is 24.7 Å². The smallest absolute Gasteiger partial charge is 0.228 e. The number of amides is 1. The Morgan fingerprint density at radius 2 is 1.94 bits per heavy atom. The van der Waals surface area contributed by atoms with Gasteiger partial charge in [0.15, 0.2) is 5.75 Å². The first-order valence-corrected chi connectivity index (χ1v) is 5.48. The van der Waals surface area contributed by atoms with Crippen LogP contribution in [0.2, 0.25) is 10.0 Å². The number of nitrogens with zero attached hydrogens (tertiary/aromatic N) is 1. The Kier molecular flexibility index (Phi) is 2.97. The van der Waals surface area contributed by atoms with Crippen LogP contribution >= 0.6 is 23.2 Å². The minimum atomic E-state index is -0.178. The largest absolute Gasteiger partial charge is 0.505 e. The van der Waals surface area contributed by atoms with E-state index in [9.17, 15) is 9.90 Å². The molecular formula is C10H10Cl2N2O2. The molecule has 1 aliphatic rings. The molecule has 1 aromatic carbocycles. The highest BCUT2D eigenvalue weighted by Gasteiger charge is 2.28. The Balaban J connectivity index is 2.38. The highest BCUT2D eigenvalue weighted by Crippen LogP contribution is 2.36. The number of phenols is 1. The molecule has 16 heavy (non-hydrogen) atoms. The SMILES string of the molecule is NC1CC(=O)N(c2cc(Cl)c(O)c(Cl)c2)C1. The molecule has 0 aromatic heterocycles. The number of benzene rings is 1. The van der Waals surface area contributed by atoms with E-state index >= 15 is 0 Å². The molecule has 0 spiro atoms. The molecule has 1 saturated heterocycles. The first-order chi connectivity index (χ1) is 7.49. The van der Waals surface area contributed by atoms with Crippen LogP contribution in [-0.2, 0) is 4.79 Å². The topological polar surface area (TPSA) is 66.6 Å². The highest BCUT2D eigenvalue weighted by molar-refractivity contribution is 6.37. The van der Waals surface area contributed by atoms with E-state index in [1.807, 2.05) is 0 Å². The summed E-state index contributed by atoms with van der Waals surface area (Å²) in [5.41, 5.74) is 6.24. The third kappa shape index (κ3) is 1.96. The van der Waals surface area contributed by atoms with Gasteiger partial charge in [0.05, 0.1) is 10.0 Å². The second kappa shape index (κ2) is 4.13. The molecule has 0 bridgehead atoms. The fourth-order valence-corrected chi connectivity index (χ4v) is 2.17. The lowest BCUT2D eigenvalue weighted by atomic mass is 10.2. The number of carbonyl (C=O) groups is 1. The number of halogens is 2. The monoisotopic (exact) mass is 260 g/mol. The number of nitrogens with two attached hydrogens (primary N) is 1. The fraction of sp³-hybridized carbons (Fsp3) is 0.300. The van der Waals surface area contributed by atoms with E-state index in [0.29, 0.717) is 18.7 Å². The van der Waals surface area contributed by atoms with Crippen molar-refractivity contribution in [2.24, 2.45) is 5.73 Å². The van der Waals surface area contributed by atoms with E-state index in [-0.39, 0.29) is 27.7 Å². The maximum atomic E-state index is 11.6. The van der Waals surface area contributed by atoms with Gasteiger partial charge in [-0.1, -0.05) is 23.2 Å². The molecule has 1 heterocycles. The molecule has 1 amide bonds. The van der Waals surface area contributed by atoms with Crippen molar-refractivity contribution in [1.82, 2.24) is 0 Å². The molecule has 0 radical (unpaired) electrons. The quantitative estimate of drug-likeness (QED) is 0.809. The minimum absolute atomic E-state index is 0.0645. The van der Waals surface area contributed by atoms with Crippen LogP contribution in [0.1, 0.15) is 6.42 Å². The predicted octanol–water partition coefficient (Wildman–Crippen LogP) is 1.76. The van der Waals surface area contributed by atoms with Gasteiger partial charge >= 0.3 is 0 Å². The van der Waals surface area contributed by atoms with Gasteiger partial charge in [-0.25, -0.2) is 0 Å². The molecule has 3 N–H and O–H groups in total. The van der Waals surface area contributed by atoms with Gasteiger partial charge in [0.1, 0.15) is 0 Å². The van der Waals surface area contributed by atoms with Crippen LogP contribution in [0.4, 0.5) is 5.69 Å². The zero-order chi connectivity index (χ0) is 11.9. The predicted molar refractivity (Wildman–Crippen MR) is 63.1 cm³/mol. The number of rotatable bonds is 1. The van der Waals surface area contributed by atoms with E-state index in [1.54, 1.807) is 0 Å². The number of hydrogen-bond acceptors (Lipinski definition) is 3. The molecule has 4 nitrogen and oxygen atoms in total. The molecule has 2 rings (SSSR count). The fourth-order valence-electron chi connectivity index (χ4n) is 1.69. The normalized spacial score (nSPS) is 20.6. The third-order valence-electron chi connectivity index (χ3n) is 2.47. The first kappa shape index (κ1) is 11.5. The van der Waals surface area contributed by atoms with Gasteiger partial charge in [-0.05, 0) is 12.1 Å². The first-order valence-electron chi connectivity index (χ1n) is 4.73. The Bertz CT molecular complexity index is 427. The molecule has 1 aliphatic heterocycles. The van der Waals surface area contributed by atoms with Gasteiger partial charge in [-0.2, -0.15) is 0 Å². The number of hydrogen-bond donors (Lipinski definition) is 2. The van der Waals surface area contributed by atoms with Crippen LogP contribution in [0.25, 0.3) is 0 Å². The Hall–Kier alpha value is -0.970. The molecule has 6 heteroatoms. The van der Waals surface area contributed by atoms with E-state index < -0.39 is 0 Å². The maximum Gasteiger partial charge on any atom is 0.228 e. The van der Waals surface area contributed by atoms with Crippen LogP contribution < -0.4 is 10.6 Å². The average Bonchev–Trinajstić information content (AvgIpc) is 2.53. The maximum absolute atomic E-state index is 11.6. The van der Waals surface area contributed by atoms with Crippen molar-refractivity contribution in [2.45, 2.75) is 12.5 Å². The van der Waals surface area contributed by atoms with E-state index in [4.69, 9.17) is 28.9 Å². The summed E-state index contributed by atoms with van der Waals surface area (Å²) in [5, 5.41) is 9.64. The van der Waals surface area contributed by atoms with Crippen LogP contribution in [0.5, 0.6) is 5.75 Å². The summed E-state index contributed by atoms with van der Waals surface area (Å²) < 4.78 is 0. The van der Waals surface area contributed by atoms with Crippen molar-refractivity contribution in [3.8, 4) is 5.75 Å². The van der Waals surface area contributed by atoms with Crippen molar-refractivity contribution >= 4 is 34.8 Å². The van der Waals surface area contributed by atoms with Gasteiger partial charge in [-0.15, -0.1) is 0 Å². The van der Waals surface area contributed by atoms with E-state index in [0.717, 1.165) is 0 Å². The third-order valence-corrected chi connectivity index (χ3v) is 3.04. The summed E-state index contributed by atoms with van der Waals surface area (Å²) in [7, 11) is 0. The highest BCUT2D eigenvalue weighted by atomic mass is 35.5.